The molecule has 0 aromatic heterocycles. The summed E-state index contributed by atoms with van der Waals surface area (Å²) in [5, 5.41) is 2.84. The molecule has 0 spiro atoms. The zero-order valence-electron chi connectivity index (χ0n) is 7.70. The molecule has 3 N–H and O–H groups in total. The monoisotopic (exact) mass is 193 g/mol. The fourth-order valence-electron chi connectivity index (χ4n) is 1.15. The molecule has 1 aliphatic carbocycles. The number of nitrogens with two attached hydrogens (primary N) is 1. The molecular weight excluding hydrogens is 181 g/mol. The van der Waals surface area contributed by atoms with Gasteiger partial charge in [0, 0.05) is 5.69 Å². The summed E-state index contributed by atoms with van der Waals surface area (Å²) in [6.45, 7) is 0. The van der Waals surface area contributed by atoms with Crippen LogP contribution in [-0.2, 0) is 0 Å². The van der Waals surface area contributed by atoms with E-state index in [1.807, 2.05) is 0 Å². The van der Waals surface area contributed by atoms with Crippen LogP contribution >= 0.6 is 0 Å². The summed E-state index contributed by atoms with van der Waals surface area (Å²) in [6.07, 6.45) is 2.21. The molecule has 1 fully saturated rings. The van der Waals surface area contributed by atoms with Crippen LogP contribution in [0.15, 0.2) is 29.3 Å². The first kappa shape index (κ1) is 8.99. The summed E-state index contributed by atoms with van der Waals surface area (Å²) >= 11 is 0. The number of aliphatic imine (C=N–C) groups is 1. The Hall–Kier alpha value is -1.58. The third-order valence-corrected chi connectivity index (χ3v) is 1.97. The highest BCUT2D eigenvalue weighted by molar-refractivity contribution is 5.92. The Morgan fingerprint density at radius 3 is 2.93 bits per heavy atom. The maximum absolute atomic E-state index is 12.8. The zero-order chi connectivity index (χ0) is 9.97. The number of hydrogen-bond acceptors (Lipinski definition) is 1. The molecule has 2 rings (SSSR count). The Morgan fingerprint density at radius 2 is 2.29 bits per heavy atom. The molecule has 0 atom stereocenters. The molecule has 0 amide bonds. The lowest BCUT2D eigenvalue weighted by Gasteiger charge is -2.04. The van der Waals surface area contributed by atoms with E-state index in [1.165, 1.54) is 12.1 Å². The Labute approximate surface area is 81.8 Å². The maximum Gasteiger partial charge on any atom is 0.193 e. The van der Waals surface area contributed by atoms with E-state index in [1.54, 1.807) is 12.1 Å². The van der Waals surface area contributed by atoms with Gasteiger partial charge in [0.2, 0.25) is 0 Å². The minimum atomic E-state index is -0.283. The molecule has 0 heterocycles. The van der Waals surface area contributed by atoms with Crippen LogP contribution in [0.1, 0.15) is 12.8 Å². The van der Waals surface area contributed by atoms with Crippen LogP contribution < -0.4 is 11.1 Å². The molecule has 1 aliphatic rings. The van der Waals surface area contributed by atoms with E-state index in [0.29, 0.717) is 17.7 Å². The Bertz CT molecular complexity index is 358. The van der Waals surface area contributed by atoms with Crippen molar-refractivity contribution in [1.82, 2.24) is 0 Å². The predicted molar refractivity (Wildman–Crippen MR) is 54.7 cm³/mol. The van der Waals surface area contributed by atoms with E-state index in [4.69, 9.17) is 5.73 Å². The molecule has 0 bridgehead atoms. The van der Waals surface area contributed by atoms with Crippen molar-refractivity contribution in [2.24, 2.45) is 10.7 Å². The van der Waals surface area contributed by atoms with Crippen molar-refractivity contribution < 1.29 is 4.39 Å². The predicted octanol–water partition coefficient (Wildman–Crippen LogP) is 1.71. The first-order valence-electron chi connectivity index (χ1n) is 4.60. The van der Waals surface area contributed by atoms with Crippen LogP contribution in [0, 0.1) is 5.82 Å². The highest BCUT2D eigenvalue weighted by Gasteiger charge is 2.20. The van der Waals surface area contributed by atoms with Gasteiger partial charge < -0.3 is 11.1 Å². The van der Waals surface area contributed by atoms with Gasteiger partial charge in [0.1, 0.15) is 5.82 Å². The molecule has 0 unspecified atom stereocenters. The van der Waals surface area contributed by atoms with Crippen LogP contribution in [0.2, 0.25) is 0 Å². The number of guanidine groups is 1. The molecule has 14 heavy (non-hydrogen) atoms. The largest absolute Gasteiger partial charge is 0.370 e. The Morgan fingerprint density at radius 1 is 1.50 bits per heavy atom. The van der Waals surface area contributed by atoms with Gasteiger partial charge in [-0.05, 0) is 31.0 Å². The van der Waals surface area contributed by atoms with Crippen LogP contribution in [0.25, 0.3) is 0 Å². The number of nitrogens with one attached hydrogen (secondary N) is 1. The van der Waals surface area contributed by atoms with Gasteiger partial charge in [0.15, 0.2) is 5.96 Å². The number of nitrogens with zero attached hydrogens (tertiary/aromatic N) is 1. The van der Waals surface area contributed by atoms with Gasteiger partial charge >= 0.3 is 0 Å². The highest BCUT2D eigenvalue weighted by Crippen LogP contribution is 2.23. The number of halogens is 1. The minimum Gasteiger partial charge on any atom is -0.370 e. The van der Waals surface area contributed by atoms with Crippen molar-refractivity contribution in [2.45, 2.75) is 18.9 Å². The summed E-state index contributed by atoms with van der Waals surface area (Å²) < 4.78 is 12.8. The van der Waals surface area contributed by atoms with E-state index in [9.17, 15) is 4.39 Å². The maximum atomic E-state index is 12.8. The van der Waals surface area contributed by atoms with E-state index < -0.39 is 0 Å². The van der Waals surface area contributed by atoms with Crippen molar-refractivity contribution >= 4 is 11.6 Å². The van der Waals surface area contributed by atoms with Crippen LogP contribution in [0.3, 0.4) is 0 Å². The van der Waals surface area contributed by atoms with Crippen LogP contribution in [0.4, 0.5) is 10.1 Å². The highest BCUT2D eigenvalue weighted by atomic mass is 19.1. The standard InChI is InChI=1S/C10H12FN3/c11-7-2-1-3-9(6-7)14-10(12)13-8-4-5-8/h1-3,6,8H,4-5H2,(H3,12,13,14). The molecule has 0 radical (unpaired) electrons. The van der Waals surface area contributed by atoms with Crippen molar-refractivity contribution in [3.05, 3.63) is 30.1 Å². The molecule has 1 aromatic rings. The van der Waals surface area contributed by atoms with Gasteiger partial charge in [-0.25, -0.2) is 9.38 Å². The van der Waals surface area contributed by atoms with E-state index in [2.05, 4.69) is 10.3 Å². The number of benzene rings is 1. The number of anilines is 1. The fourth-order valence-corrected chi connectivity index (χ4v) is 1.15. The lowest BCUT2D eigenvalue weighted by Crippen LogP contribution is -2.23. The van der Waals surface area contributed by atoms with E-state index in [-0.39, 0.29) is 5.82 Å². The average molecular weight is 193 g/mol. The first-order chi connectivity index (χ1) is 6.74. The van der Waals surface area contributed by atoms with Crippen molar-refractivity contribution in [3.8, 4) is 0 Å². The summed E-state index contributed by atoms with van der Waals surface area (Å²) in [5.74, 6) is 0.0762. The van der Waals surface area contributed by atoms with E-state index >= 15 is 0 Å². The number of hydrogen-bond donors (Lipinski definition) is 2. The van der Waals surface area contributed by atoms with Crippen molar-refractivity contribution in [3.63, 3.8) is 0 Å². The van der Waals surface area contributed by atoms with Gasteiger partial charge in [0.25, 0.3) is 0 Å². The third kappa shape index (κ3) is 2.45. The average Bonchev–Trinajstić information content (AvgIpc) is 2.87. The normalized spacial score (nSPS) is 16.8. The van der Waals surface area contributed by atoms with Gasteiger partial charge in [-0.15, -0.1) is 0 Å². The second-order valence-electron chi connectivity index (χ2n) is 3.38. The molecule has 1 saturated carbocycles. The Balaban J connectivity index is 2.02. The van der Waals surface area contributed by atoms with Crippen molar-refractivity contribution in [1.29, 1.82) is 0 Å². The van der Waals surface area contributed by atoms with Gasteiger partial charge in [-0.3, -0.25) is 0 Å². The lowest BCUT2D eigenvalue weighted by atomic mass is 10.3. The lowest BCUT2D eigenvalue weighted by molar-refractivity contribution is 0.628. The number of rotatable bonds is 2. The van der Waals surface area contributed by atoms with Gasteiger partial charge in [-0.1, -0.05) is 6.07 Å². The molecule has 3 nitrogen and oxygen atoms in total. The molecule has 74 valence electrons. The van der Waals surface area contributed by atoms with Crippen LogP contribution in [0.5, 0.6) is 0 Å². The summed E-state index contributed by atoms with van der Waals surface area (Å²) in [4.78, 5) is 4.17. The van der Waals surface area contributed by atoms with Gasteiger partial charge in [0.05, 0.1) is 6.04 Å². The fraction of sp³-hybridized carbons (Fsp3) is 0.300. The van der Waals surface area contributed by atoms with Crippen molar-refractivity contribution in [2.75, 3.05) is 5.32 Å². The topological polar surface area (TPSA) is 50.4 Å². The molecule has 4 heteroatoms. The van der Waals surface area contributed by atoms with Gasteiger partial charge in [-0.2, -0.15) is 0 Å². The Kier molecular flexibility index (Phi) is 2.35. The summed E-state index contributed by atoms with van der Waals surface area (Å²) in [6, 6.07) is 6.52. The quantitative estimate of drug-likeness (QED) is 0.555. The minimum absolute atomic E-state index is 0.283. The first-order valence-corrected chi connectivity index (χ1v) is 4.60. The third-order valence-electron chi connectivity index (χ3n) is 1.97. The van der Waals surface area contributed by atoms with E-state index in [0.717, 1.165) is 12.8 Å². The second-order valence-corrected chi connectivity index (χ2v) is 3.38. The zero-order valence-corrected chi connectivity index (χ0v) is 7.70. The van der Waals surface area contributed by atoms with Crippen LogP contribution in [-0.4, -0.2) is 12.0 Å². The summed E-state index contributed by atoms with van der Waals surface area (Å²) in [5.41, 5.74) is 6.24. The molecule has 1 aromatic carbocycles. The molecular formula is C10H12FN3. The molecule has 0 saturated heterocycles. The SMILES string of the molecule is NC(=NC1CC1)Nc1cccc(F)c1. The summed E-state index contributed by atoms with van der Waals surface area (Å²) in [7, 11) is 0. The molecule has 0 aliphatic heterocycles. The smallest absolute Gasteiger partial charge is 0.193 e. The second kappa shape index (κ2) is 3.65.